The maximum Gasteiger partial charge on any atom is 0.152 e. The average molecular weight is 247 g/mol. The molecule has 1 aromatic carbocycles. The molecule has 0 saturated carbocycles. The molecule has 0 bridgehead atoms. The Morgan fingerprint density at radius 1 is 1.39 bits per heavy atom. The van der Waals surface area contributed by atoms with Crippen molar-refractivity contribution in [2.24, 2.45) is 5.92 Å². The summed E-state index contributed by atoms with van der Waals surface area (Å²) in [6.07, 6.45) is 3.24. The second-order valence-corrected chi connectivity index (χ2v) is 5.07. The summed E-state index contributed by atoms with van der Waals surface area (Å²) in [7, 11) is 1.76. The summed E-state index contributed by atoms with van der Waals surface area (Å²) < 4.78 is 5.21. The third kappa shape index (κ3) is 2.91. The second kappa shape index (κ2) is 6.01. The van der Waals surface area contributed by atoms with Crippen LogP contribution >= 0.6 is 0 Å². The van der Waals surface area contributed by atoms with E-state index in [0.29, 0.717) is 5.92 Å². The number of carbonyl (C=O) groups excluding carboxylic acids is 1. The van der Waals surface area contributed by atoms with Gasteiger partial charge in [-0.05, 0) is 37.8 Å². The van der Waals surface area contributed by atoms with E-state index in [1.807, 2.05) is 13.0 Å². The highest BCUT2D eigenvalue weighted by Gasteiger charge is 2.20. The smallest absolute Gasteiger partial charge is 0.152 e. The van der Waals surface area contributed by atoms with Crippen LogP contribution in [-0.2, 0) is 4.74 Å². The standard InChI is InChI=1S/C15H21NO2/c1-12-3-4-15(14(9-12)10-17)16-7-5-13(6-8-16)11-18-2/h3-4,9-10,13H,5-8,11H2,1-2H3. The SMILES string of the molecule is COCC1CCN(c2ccc(C)cc2C=O)CC1. The average Bonchev–Trinajstić information content (AvgIpc) is 2.40. The molecule has 18 heavy (non-hydrogen) atoms. The van der Waals surface area contributed by atoms with E-state index < -0.39 is 0 Å². The van der Waals surface area contributed by atoms with Gasteiger partial charge in [-0.25, -0.2) is 0 Å². The number of hydrogen-bond donors (Lipinski definition) is 0. The molecular weight excluding hydrogens is 226 g/mol. The number of piperidine rings is 1. The molecule has 3 heteroatoms. The molecule has 0 atom stereocenters. The quantitative estimate of drug-likeness (QED) is 0.766. The highest BCUT2D eigenvalue weighted by atomic mass is 16.5. The van der Waals surface area contributed by atoms with Gasteiger partial charge in [0.15, 0.2) is 6.29 Å². The van der Waals surface area contributed by atoms with Crippen molar-refractivity contribution >= 4 is 12.0 Å². The predicted molar refractivity (Wildman–Crippen MR) is 73.4 cm³/mol. The molecule has 0 unspecified atom stereocenters. The van der Waals surface area contributed by atoms with Gasteiger partial charge in [0, 0.05) is 38.1 Å². The molecule has 2 rings (SSSR count). The molecule has 1 aromatic rings. The lowest BCUT2D eigenvalue weighted by molar-refractivity contribution is 0.112. The first-order valence-electron chi connectivity index (χ1n) is 6.54. The van der Waals surface area contributed by atoms with E-state index >= 15 is 0 Å². The van der Waals surface area contributed by atoms with Crippen LogP contribution in [0, 0.1) is 12.8 Å². The molecule has 0 aromatic heterocycles. The van der Waals surface area contributed by atoms with Crippen LogP contribution in [0.1, 0.15) is 28.8 Å². The van der Waals surface area contributed by atoms with Crippen LogP contribution in [0.25, 0.3) is 0 Å². The van der Waals surface area contributed by atoms with E-state index in [2.05, 4.69) is 17.0 Å². The van der Waals surface area contributed by atoms with Crippen LogP contribution in [0.5, 0.6) is 0 Å². The van der Waals surface area contributed by atoms with Gasteiger partial charge in [-0.15, -0.1) is 0 Å². The van der Waals surface area contributed by atoms with E-state index in [9.17, 15) is 4.79 Å². The van der Waals surface area contributed by atoms with Gasteiger partial charge in [0.2, 0.25) is 0 Å². The number of nitrogens with zero attached hydrogens (tertiary/aromatic N) is 1. The predicted octanol–water partition coefficient (Wildman–Crippen LogP) is 2.67. The summed E-state index contributed by atoms with van der Waals surface area (Å²) >= 11 is 0. The van der Waals surface area contributed by atoms with E-state index in [4.69, 9.17) is 4.74 Å². The summed E-state index contributed by atoms with van der Waals surface area (Å²) in [5.74, 6) is 0.663. The zero-order valence-electron chi connectivity index (χ0n) is 11.2. The molecule has 0 N–H and O–H groups in total. The van der Waals surface area contributed by atoms with Gasteiger partial charge in [0.25, 0.3) is 0 Å². The number of benzene rings is 1. The number of methoxy groups -OCH3 is 1. The fraction of sp³-hybridized carbons (Fsp3) is 0.533. The topological polar surface area (TPSA) is 29.5 Å². The first-order chi connectivity index (χ1) is 8.74. The molecular formula is C15H21NO2. The Balaban J connectivity index is 2.07. The summed E-state index contributed by atoms with van der Waals surface area (Å²) in [6, 6.07) is 6.10. The van der Waals surface area contributed by atoms with Crippen molar-refractivity contribution < 1.29 is 9.53 Å². The first kappa shape index (κ1) is 13.1. The maximum absolute atomic E-state index is 11.1. The highest BCUT2D eigenvalue weighted by Crippen LogP contribution is 2.26. The lowest BCUT2D eigenvalue weighted by Crippen LogP contribution is -2.35. The van der Waals surface area contributed by atoms with Crippen LogP contribution in [0.4, 0.5) is 5.69 Å². The van der Waals surface area contributed by atoms with E-state index in [0.717, 1.165) is 55.6 Å². The summed E-state index contributed by atoms with van der Waals surface area (Å²) in [4.78, 5) is 13.5. The van der Waals surface area contributed by atoms with E-state index in [1.165, 1.54) is 0 Å². The minimum Gasteiger partial charge on any atom is -0.384 e. The molecule has 0 spiro atoms. The minimum absolute atomic E-state index is 0.663. The Labute approximate surface area is 109 Å². The van der Waals surface area contributed by atoms with Crippen molar-refractivity contribution in [2.45, 2.75) is 19.8 Å². The zero-order chi connectivity index (χ0) is 13.0. The Bertz CT molecular complexity index is 409. The van der Waals surface area contributed by atoms with E-state index in [1.54, 1.807) is 7.11 Å². The fourth-order valence-corrected chi connectivity index (χ4v) is 2.63. The van der Waals surface area contributed by atoms with Gasteiger partial charge in [-0.3, -0.25) is 4.79 Å². The maximum atomic E-state index is 11.1. The van der Waals surface area contributed by atoms with Gasteiger partial charge in [0.05, 0.1) is 0 Å². The van der Waals surface area contributed by atoms with Crippen LogP contribution in [0.2, 0.25) is 0 Å². The third-order valence-corrected chi connectivity index (χ3v) is 3.67. The van der Waals surface area contributed by atoms with Crippen molar-refractivity contribution in [1.29, 1.82) is 0 Å². The molecule has 0 amide bonds. The number of rotatable bonds is 4. The van der Waals surface area contributed by atoms with Gasteiger partial charge in [-0.1, -0.05) is 11.6 Å². The van der Waals surface area contributed by atoms with Crippen LogP contribution in [-0.4, -0.2) is 33.1 Å². The normalized spacial score (nSPS) is 16.9. The van der Waals surface area contributed by atoms with Gasteiger partial charge in [0.1, 0.15) is 0 Å². The number of carbonyl (C=O) groups is 1. The van der Waals surface area contributed by atoms with E-state index in [-0.39, 0.29) is 0 Å². The highest BCUT2D eigenvalue weighted by molar-refractivity contribution is 5.85. The van der Waals surface area contributed by atoms with Crippen molar-refractivity contribution in [1.82, 2.24) is 0 Å². The van der Waals surface area contributed by atoms with Crippen molar-refractivity contribution in [2.75, 3.05) is 31.7 Å². The largest absolute Gasteiger partial charge is 0.384 e. The Morgan fingerprint density at radius 3 is 2.72 bits per heavy atom. The molecule has 0 radical (unpaired) electrons. The van der Waals surface area contributed by atoms with Gasteiger partial charge in [-0.2, -0.15) is 0 Å². The van der Waals surface area contributed by atoms with Crippen molar-refractivity contribution in [3.8, 4) is 0 Å². The van der Waals surface area contributed by atoms with Crippen LogP contribution in [0.3, 0.4) is 0 Å². The minimum atomic E-state index is 0.663. The zero-order valence-corrected chi connectivity index (χ0v) is 11.2. The molecule has 0 aliphatic carbocycles. The number of aldehydes is 1. The Morgan fingerprint density at radius 2 is 2.11 bits per heavy atom. The lowest BCUT2D eigenvalue weighted by atomic mass is 9.96. The summed E-state index contributed by atoms with van der Waals surface area (Å²) in [6.45, 7) is 4.89. The van der Waals surface area contributed by atoms with Crippen LogP contribution < -0.4 is 4.90 Å². The molecule has 3 nitrogen and oxygen atoms in total. The monoisotopic (exact) mass is 247 g/mol. The molecule has 1 aliphatic rings. The fourth-order valence-electron chi connectivity index (χ4n) is 2.63. The first-order valence-corrected chi connectivity index (χ1v) is 6.54. The van der Waals surface area contributed by atoms with Crippen molar-refractivity contribution in [3.05, 3.63) is 29.3 Å². The number of anilines is 1. The number of aryl methyl sites for hydroxylation is 1. The van der Waals surface area contributed by atoms with Gasteiger partial charge < -0.3 is 9.64 Å². The molecule has 1 aliphatic heterocycles. The number of ether oxygens (including phenoxy) is 1. The van der Waals surface area contributed by atoms with Crippen molar-refractivity contribution in [3.63, 3.8) is 0 Å². The molecule has 98 valence electrons. The summed E-state index contributed by atoms with van der Waals surface area (Å²) in [5.41, 5.74) is 3.02. The Hall–Kier alpha value is -1.35. The molecule has 1 fully saturated rings. The lowest BCUT2D eigenvalue weighted by Gasteiger charge is -2.34. The second-order valence-electron chi connectivity index (χ2n) is 5.07. The summed E-state index contributed by atoms with van der Waals surface area (Å²) in [5, 5.41) is 0. The number of hydrogen-bond acceptors (Lipinski definition) is 3. The van der Waals surface area contributed by atoms with Gasteiger partial charge >= 0.3 is 0 Å². The molecule has 1 heterocycles. The molecule has 1 saturated heterocycles. The van der Waals surface area contributed by atoms with Crippen LogP contribution in [0.15, 0.2) is 18.2 Å². The third-order valence-electron chi connectivity index (χ3n) is 3.67. The Kier molecular flexibility index (Phi) is 4.37.